The van der Waals surface area contributed by atoms with Gasteiger partial charge in [0.05, 0.1) is 0 Å². The maximum atomic E-state index is 5.41. The molecular weight excluding hydrogens is 290 g/mol. The van der Waals surface area contributed by atoms with E-state index in [9.17, 15) is 0 Å². The van der Waals surface area contributed by atoms with E-state index in [1.165, 1.54) is 70.1 Å². The Kier molecular flexibility index (Phi) is 12.8. The highest BCUT2D eigenvalue weighted by molar-refractivity contribution is 8.00. The molecule has 0 aliphatic carbocycles. The van der Waals surface area contributed by atoms with Crippen molar-refractivity contribution in [3.63, 3.8) is 0 Å². The molecule has 0 aromatic carbocycles. The Bertz CT molecular complexity index is 248. The lowest BCUT2D eigenvalue weighted by atomic mass is 10.1. The standard InChI is InChI=1S/C19H41NOS/c1-18(2,3)20-16-14-12-10-8-7-9-11-13-15-17-22-19(4,5)21-6/h20H,7-17H2,1-6H3. The zero-order valence-corrected chi connectivity index (χ0v) is 16.9. The van der Waals surface area contributed by atoms with E-state index in [2.05, 4.69) is 39.9 Å². The molecule has 0 bridgehead atoms. The van der Waals surface area contributed by atoms with Gasteiger partial charge in [0.1, 0.15) is 4.93 Å². The molecule has 0 amide bonds. The van der Waals surface area contributed by atoms with Gasteiger partial charge in [0.25, 0.3) is 0 Å². The fourth-order valence-electron chi connectivity index (χ4n) is 2.30. The molecule has 3 heteroatoms. The fraction of sp³-hybridized carbons (Fsp3) is 1.00. The van der Waals surface area contributed by atoms with E-state index in [4.69, 9.17) is 4.74 Å². The molecule has 0 aliphatic rings. The number of hydrogen-bond donors (Lipinski definition) is 1. The Morgan fingerprint density at radius 1 is 0.727 bits per heavy atom. The van der Waals surface area contributed by atoms with Crippen molar-refractivity contribution in [3.05, 3.63) is 0 Å². The zero-order chi connectivity index (χ0) is 16.9. The first-order valence-corrected chi connectivity index (χ1v) is 10.2. The molecule has 0 atom stereocenters. The second-order valence-electron chi connectivity index (χ2n) is 7.81. The van der Waals surface area contributed by atoms with Crippen molar-refractivity contribution in [2.24, 2.45) is 0 Å². The molecule has 0 spiro atoms. The van der Waals surface area contributed by atoms with Crippen LogP contribution in [-0.2, 0) is 4.74 Å². The van der Waals surface area contributed by atoms with E-state index in [0.717, 1.165) is 0 Å². The molecule has 0 saturated heterocycles. The number of hydrogen-bond acceptors (Lipinski definition) is 3. The molecule has 0 aromatic rings. The minimum Gasteiger partial charge on any atom is -0.368 e. The van der Waals surface area contributed by atoms with Crippen LogP contribution < -0.4 is 5.32 Å². The Morgan fingerprint density at radius 2 is 1.18 bits per heavy atom. The molecule has 1 N–H and O–H groups in total. The van der Waals surface area contributed by atoms with E-state index < -0.39 is 0 Å². The number of ether oxygens (including phenoxy) is 1. The average molecular weight is 332 g/mol. The molecule has 134 valence electrons. The van der Waals surface area contributed by atoms with Crippen LogP contribution in [0.2, 0.25) is 0 Å². The van der Waals surface area contributed by atoms with E-state index in [0.29, 0.717) is 0 Å². The van der Waals surface area contributed by atoms with Crippen LogP contribution in [0.1, 0.15) is 92.4 Å². The van der Waals surface area contributed by atoms with Gasteiger partial charge in [-0.3, -0.25) is 0 Å². The average Bonchev–Trinajstić information content (AvgIpc) is 2.42. The second-order valence-corrected chi connectivity index (χ2v) is 9.49. The molecule has 0 radical (unpaired) electrons. The third kappa shape index (κ3) is 16.6. The van der Waals surface area contributed by atoms with Crippen LogP contribution in [0.25, 0.3) is 0 Å². The van der Waals surface area contributed by atoms with Crippen LogP contribution >= 0.6 is 11.8 Å². The molecule has 2 nitrogen and oxygen atoms in total. The smallest absolute Gasteiger partial charge is 0.107 e. The van der Waals surface area contributed by atoms with Gasteiger partial charge in [-0.1, -0.05) is 44.9 Å². The summed E-state index contributed by atoms with van der Waals surface area (Å²) in [7, 11) is 1.80. The van der Waals surface area contributed by atoms with Gasteiger partial charge in [-0.2, -0.15) is 0 Å². The summed E-state index contributed by atoms with van der Waals surface area (Å²) in [5, 5.41) is 3.56. The van der Waals surface area contributed by atoms with Gasteiger partial charge in [-0.05, 0) is 59.8 Å². The van der Waals surface area contributed by atoms with Gasteiger partial charge in [-0.15, -0.1) is 11.8 Å². The Balaban J connectivity index is 3.15. The van der Waals surface area contributed by atoms with Crippen LogP contribution in [0.4, 0.5) is 0 Å². The highest BCUT2D eigenvalue weighted by Gasteiger charge is 2.15. The molecule has 0 aromatic heterocycles. The number of unbranched alkanes of at least 4 members (excludes halogenated alkanes) is 8. The van der Waals surface area contributed by atoms with Crippen molar-refractivity contribution in [1.82, 2.24) is 5.32 Å². The van der Waals surface area contributed by atoms with E-state index in [1.807, 2.05) is 11.8 Å². The van der Waals surface area contributed by atoms with E-state index in [-0.39, 0.29) is 10.5 Å². The zero-order valence-electron chi connectivity index (χ0n) is 16.1. The van der Waals surface area contributed by atoms with Gasteiger partial charge in [0, 0.05) is 12.6 Å². The third-order valence-corrected chi connectivity index (χ3v) is 5.27. The lowest BCUT2D eigenvalue weighted by Crippen LogP contribution is -2.36. The van der Waals surface area contributed by atoms with Crippen LogP contribution in [0, 0.1) is 0 Å². The Labute approximate surface area is 144 Å². The molecule has 0 fully saturated rings. The van der Waals surface area contributed by atoms with Gasteiger partial charge in [0.15, 0.2) is 0 Å². The van der Waals surface area contributed by atoms with Gasteiger partial charge < -0.3 is 10.1 Å². The third-order valence-electron chi connectivity index (χ3n) is 3.92. The van der Waals surface area contributed by atoms with Crippen LogP contribution in [0.15, 0.2) is 0 Å². The summed E-state index contributed by atoms with van der Waals surface area (Å²) in [4.78, 5) is -0.0121. The number of methoxy groups -OCH3 is 1. The first kappa shape index (κ1) is 22.3. The quantitative estimate of drug-likeness (QED) is 0.311. The van der Waals surface area contributed by atoms with E-state index in [1.54, 1.807) is 7.11 Å². The first-order chi connectivity index (χ1) is 10.3. The fourth-order valence-corrected chi connectivity index (χ4v) is 3.26. The predicted molar refractivity (Wildman–Crippen MR) is 103 cm³/mol. The maximum absolute atomic E-state index is 5.41. The lowest BCUT2D eigenvalue weighted by Gasteiger charge is -2.21. The van der Waals surface area contributed by atoms with Crippen molar-refractivity contribution in [3.8, 4) is 0 Å². The number of thioether (sulfide) groups is 1. The number of nitrogens with one attached hydrogen (secondary N) is 1. The number of rotatable bonds is 14. The van der Waals surface area contributed by atoms with Crippen LogP contribution in [0.3, 0.4) is 0 Å². The van der Waals surface area contributed by atoms with Crippen molar-refractivity contribution in [2.45, 2.75) is 103 Å². The molecule has 0 heterocycles. The summed E-state index contributed by atoms with van der Waals surface area (Å²) in [6.07, 6.45) is 12.5. The highest BCUT2D eigenvalue weighted by atomic mass is 32.2. The summed E-state index contributed by atoms with van der Waals surface area (Å²) < 4.78 is 5.41. The molecule has 22 heavy (non-hydrogen) atoms. The summed E-state index contributed by atoms with van der Waals surface area (Å²) >= 11 is 1.93. The van der Waals surface area contributed by atoms with E-state index >= 15 is 0 Å². The summed E-state index contributed by atoms with van der Waals surface area (Å²) in [5.74, 6) is 1.22. The lowest BCUT2D eigenvalue weighted by molar-refractivity contribution is 0.103. The molecule has 0 rings (SSSR count). The van der Waals surface area contributed by atoms with Crippen LogP contribution in [-0.4, -0.2) is 29.9 Å². The van der Waals surface area contributed by atoms with Gasteiger partial charge in [0.2, 0.25) is 0 Å². The predicted octanol–water partition coefficient (Wildman–Crippen LogP) is 6.00. The molecule has 0 saturated carbocycles. The van der Waals surface area contributed by atoms with Gasteiger partial charge >= 0.3 is 0 Å². The molecule has 0 aliphatic heterocycles. The topological polar surface area (TPSA) is 21.3 Å². The SMILES string of the molecule is COC(C)(C)SCCCCCCCCCCCNC(C)(C)C. The molecular formula is C19H41NOS. The van der Waals surface area contributed by atoms with Crippen molar-refractivity contribution in [1.29, 1.82) is 0 Å². The van der Waals surface area contributed by atoms with Crippen LogP contribution in [0.5, 0.6) is 0 Å². The van der Waals surface area contributed by atoms with Crippen molar-refractivity contribution >= 4 is 11.8 Å². The maximum Gasteiger partial charge on any atom is 0.107 e. The Morgan fingerprint density at radius 3 is 1.64 bits per heavy atom. The second kappa shape index (κ2) is 12.7. The Hall–Kier alpha value is 0.270. The first-order valence-electron chi connectivity index (χ1n) is 9.21. The largest absolute Gasteiger partial charge is 0.368 e. The van der Waals surface area contributed by atoms with Crippen molar-refractivity contribution in [2.75, 3.05) is 19.4 Å². The monoisotopic (exact) mass is 331 g/mol. The molecule has 0 unspecified atom stereocenters. The van der Waals surface area contributed by atoms with Crippen molar-refractivity contribution < 1.29 is 4.74 Å². The minimum absolute atomic E-state index is 0.0121. The highest BCUT2D eigenvalue weighted by Crippen LogP contribution is 2.26. The summed E-state index contributed by atoms with van der Waals surface area (Å²) in [6, 6.07) is 0. The summed E-state index contributed by atoms with van der Waals surface area (Å²) in [5.41, 5.74) is 0.275. The normalized spacial score (nSPS) is 12.8. The summed E-state index contributed by atoms with van der Waals surface area (Å²) in [6.45, 7) is 12.2. The minimum atomic E-state index is -0.0121. The van der Waals surface area contributed by atoms with Gasteiger partial charge in [-0.25, -0.2) is 0 Å².